The van der Waals surface area contributed by atoms with E-state index >= 15 is 0 Å². The van der Waals surface area contributed by atoms with Crippen LogP contribution in [0.2, 0.25) is 0 Å². The van der Waals surface area contributed by atoms with Gasteiger partial charge in [-0.2, -0.15) is 0 Å². The lowest BCUT2D eigenvalue weighted by Gasteiger charge is -2.23. The molecule has 0 aromatic heterocycles. The van der Waals surface area contributed by atoms with Crippen LogP contribution in [0.3, 0.4) is 0 Å². The number of halogens is 1. The van der Waals surface area contributed by atoms with E-state index in [0.717, 1.165) is 40.1 Å². The van der Waals surface area contributed by atoms with E-state index in [2.05, 4.69) is 22.0 Å². The number of nitroso groups, excluding NO2 is 1. The van der Waals surface area contributed by atoms with Gasteiger partial charge in [-0.05, 0) is 35.7 Å². The van der Waals surface area contributed by atoms with E-state index in [-0.39, 0.29) is 11.7 Å². The monoisotopic (exact) mass is 324 g/mol. The predicted molar refractivity (Wildman–Crippen MR) is 92.9 cm³/mol. The molecule has 24 heavy (non-hydrogen) atoms. The van der Waals surface area contributed by atoms with Gasteiger partial charge in [-0.25, -0.2) is 4.39 Å². The lowest BCUT2D eigenvalue weighted by Crippen LogP contribution is -2.23. The second kappa shape index (κ2) is 5.82. The van der Waals surface area contributed by atoms with Crippen LogP contribution in [0.1, 0.15) is 29.0 Å². The summed E-state index contributed by atoms with van der Waals surface area (Å²) in [6.07, 6.45) is 2.73. The Balaban J connectivity index is 1.70. The van der Waals surface area contributed by atoms with E-state index in [4.69, 9.17) is 0 Å². The lowest BCUT2D eigenvalue weighted by molar-refractivity contribution is -0.455. The third-order valence-electron chi connectivity index (χ3n) is 4.92. The molecule has 0 spiro atoms. The largest absolute Gasteiger partial charge is 0.367 e. The molecule has 0 aliphatic carbocycles. The molecule has 2 aliphatic heterocycles. The van der Waals surface area contributed by atoms with Crippen molar-refractivity contribution in [2.45, 2.75) is 18.9 Å². The number of hydrogen-bond acceptors (Lipinski definition) is 3. The molecule has 2 aliphatic rings. The summed E-state index contributed by atoms with van der Waals surface area (Å²) >= 11 is 0. The highest BCUT2D eigenvalue weighted by atomic mass is 19.1. The van der Waals surface area contributed by atoms with Crippen molar-refractivity contribution >= 4 is 17.6 Å². The van der Waals surface area contributed by atoms with E-state index in [0.29, 0.717) is 18.8 Å². The molecule has 0 bridgehead atoms. The molecule has 2 heterocycles. The average Bonchev–Trinajstić information content (AvgIpc) is 2.77. The summed E-state index contributed by atoms with van der Waals surface area (Å²) in [7, 11) is 1.75. The summed E-state index contributed by atoms with van der Waals surface area (Å²) in [6, 6.07) is 11.2. The maximum atomic E-state index is 13.9. The zero-order chi connectivity index (χ0) is 16.7. The molecule has 2 aromatic rings. The van der Waals surface area contributed by atoms with Crippen molar-refractivity contribution < 1.29 is 9.15 Å². The van der Waals surface area contributed by atoms with Gasteiger partial charge >= 0.3 is 0 Å². The Kier molecular flexibility index (Phi) is 3.63. The fourth-order valence-corrected chi connectivity index (χ4v) is 3.83. The van der Waals surface area contributed by atoms with Crippen LogP contribution < -0.4 is 4.90 Å². The number of hydrogen-bond donors (Lipinski definition) is 0. The van der Waals surface area contributed by atoms with Crippen molar-refractivity contribution in [3.8, 4) is 0 Å². The second-order valence-corrected chi connectivity index (χ2v) is 6.44. The van der Waals surface area contributed by atoms with Crippen LogP contribution in [0.25, 0.3) is 0 Å². The lowest BCUT2D eigenvalue weighted by atomic mass is 9.94. The molecule has 1 atom stereocenters. The van der Waals surface area contributed by atoms with Crippen LogP contribution in [0.4, 0.5) is 15.8 Å². The Morgan fingerprint density at radius 2 is 2.08 bits per heavy atom. The molecular weight excluding hydrogens is 305 g/mol. The molecule has 2 aromatic carbocycles. The number of anilines is 1. The molecule has 0 saturated carbocycles. The normalized spacial score (nSPS) is 19.7. The first kappa shape index (κ1) is 15.0. The van der Waals surface area contributed by atoms with Crippen LogP contribution in [0, 0.1) is 10.7 Å². The summed E-state index contributed by atoms with van der Waals surface area (Å²) in [5.41, 5.74) is 4.67. The molecule has 5 heteroatoms. The van der Waals surface area contributed by atoms with Crippen LogP contribution in [-0.4, -0.2) is 31.1 Å². The summed E-state index contributed by atoms with van der Waals surface area (Å²) in [5, 5.41) is 0. The number of nitrogens with zero attached hydrogens (tertiary/aromatic N) is 3. The number of rotatable bonds is 2. The summed E-state index contributed by atoms with van der Waals surface area (Å²) in [6.45, 7) is 1.92. The minimum atomic E-state index is -0.332. The Morgan fingerprint density at radius 1 is 1.29 bits per heavy atom. The van der Waals surface area contributed by atoms with Gasteiger partial charge in [0.1, 0.15) is 5.82 Å². The van der Waals surface area contributed by atoms with Gasteiger partial charge in [0.25, 0.3) is 5.69 Å². The first-order chi connectivity index (χ1) is 11.7. The molecule has 4 rings (SSSR count). The van der Waals surface area contributed by atoms with Gasteiger partial charge < -0.3 is 4.90 Å². The smallest absolute Gasteiger partial charge is 0.262 e. The second-order valence-electron chi connectivity index (χ2n) is 6.44. The molecular formula is C19H19FN3O+. The fourth-order valence-electron chi connectivity index (χ4n) is 3.83. The molecule has 0 saturated heterocycles. The van der Waals surface area contributed by atoms with Crippen molar-refractivity contribution in [2.24, 2.45) is 4.99 Å². The molecule has 1 unspecified atom stereocenters. The van der Waals surface area contributed by atoms with Gasteiger partial charge in [0.05, 0.1) is 12.0 Å². The maximum Gasteiger partial charge on any atom is 0.262 e. The Hall–Kier alpha value is -2.56. The highest BCUT2D eigenvalue weighted by molar-refractivity contribution is 5.80. The van der Waals surface area contributed by atoms with Gasteiger partial charge in [-0.1, -0.05) is 12.1 Å². The fraction of sp³-hybridized carbons (Fsp3) is 0.316. The first-order valence-corrected chi connectivity index (χ1v) is 8.20. The quantitative estimate of drug-likeness (QED) is 0.622. The van der Waals surface area contributed by atoms with Crippen LogP contribution in [0.5, 0.6) is 0 Å². The molecule has 0 N–H and O–H groups in total. The first-order valence-electron chi connectivity index (χ1n) is 8.20. The van der Waals surface area contributed by atoms with Crippen molar-refractivity contribution in [2.75, 3.05) is 25.0 Å². The molecule has 122 valence electrons. The summed E-state index contributed by atoms with van der Waals surface area (Å²) < 4.78 is 14.9. The number of aliphatic imine (C=N–C) groups is 1. The van der Waals surface area contributed by atoms with Crippen molar-refractivity contribution in [1.29, 1.82) is 0 Å². The maximum absolute atomic E-state index is 13.9. The standard InChI is InChI=1S/C19H19FN3O/c1-21-10-13-2-4-17(5-3-13)22-7-6-14-12-23(24)18-9-16(20)8-15(11-22)19(14)18/h2-5,8-10,14H,6-7,11-12H2,1H3/q+1. The van der Waals surface area contributed by atoms with Crippen molar-refractivity contribution in [1.82, 2.24) is 0 Å². The molecule has 0 amide bonds. The van der Waals surface area contributed by atoms with Gasteiger partial charge in [-0.15, -0.1) is 0 Å². The van der Waals surface area contributed by atoms with E-state index in [1.807, 2.05) is 18.3 Å². The molecule has 4 nitrogen and oxygen atoms in total. The summed E-state index contributed by atoms with van der Waals surface area (Å²) in [4.78, 5) is 18.3. The molecule has 0 radical (unpaired) electrons. The topological polar surface area (TPSA) is 35.7 Å². The van der Waals surface area contributed by atoms with E-state index < -0.39 is 0 Å². The van der Waals surface area contributed by atoms with Crippen molar-refractivity contribution in [3.05, 3.63) is 63.8 Å². The Labute approximate surface area is 140 Å². The molecule has 0 fully saturated rings. The van der Waals surface area contributed by atoms with Crippen LogP contribution >= 0.6 is 0 Å². The zero-order valence-corrected chi connectivity index (χ0v) is 13.6. The third kappa shape index (κ3) is 2.50. The Morgan fingerprint density at radius 3 is 2.83 bits per heavy atom. The van der Waals surface area contributed by atoms with Crippen molar-refractivity contribution in [3.63, 3.8) is 0 Å². The highest BCUT2D eigenvalue weighted by Crippen LogP contribution is 2.42. The predicted octanol–water partition coefficient (Wildman–Crippen LogP) is 3.79. The van der Waals surface area contributed by atoms with Crippen LogP contribution in [0.15, 0.2) is 41.4 Å². The zero-order valence-electron chi connectivity index (χ0n) is 13.6. The van der Waals surface area contributed by atoms with Crippen LogP contribution in [-0.2, 0) is 6.54 Å². The Bertz CT molecular complexity index is 829. The minimum Gasteiger partial charge on any atom is -0.367 e. The summed E-state index contributed by atoms with van der Waals surface area (Å²) in [5.74, 6) is -0.133. The third-order valence-corrected chi connectivity index (χ3v) is 4.92. The van der Waals surface area contributed by atoms with Gasteiger partial charge in [0.15, 0.2) is 0 Å². The average molecular weight is 324 g/mol. The van der Waals surface area contributed by atoms with E-state index in [1.165, 1.54) is 6.07 Å². The SMILES string of the molecule is CN=Cc1ccc(N2CCC3C[N+](=O)c4cc(F)cc(c43)C2)cc1. The minimum absolute atomic E-state index is 0.199. The van der Waals surface area contributed by atoms with E-state index in [1.54, 1.807) is 13.1 Å². The van der Waals surface area contributed by atoms with Gasteiger partial charge in [0, 0.05) is 47.3 Å². The highest BCUT2D eigenvalue weighted by Gasteiger charge is 2.41. The van der Waals surface area contributed by atoms with E-state index in [9.17, 15) is 9.30 Å². The van der Waals surface area contributed by atoms with Gasteiger partial charge in [-0.3, -0.25) is 4.99 Å². The number of benzene rings is 2. The van der Waals surface area contributed by atoms with Gasteiger partial charge in [0.2, 0.25) is 6.54 Å².